The number of carbonyl (C=O) groups excluding carboxylic acids is 2. The van der Waals surface area contributed by atoms with Gasteiger partial charge in [0.15, 0.2) is 11.6 Å². The molecule has 0 fully saturated rings. The van der Waals surface area contributed by atoms with Crippen molar-refractivity contribution in [3.63, 3.8) is 0 Å². The molecule has 0 spiro atoms. The summed E-state index contributed by atoms with van der Waals surface area (Å²) in [5.41, 5.74) is 2.61. The first kappa shape index (κ1) is 30.3. The van der Waals surface area contributed by atoms with E-state index in [0.717, 1.165) is 17.7 Å². The van der Waals surface area contributed by atoms with E-state index in [2.05, 4.69) is 15.5 Å². The average Bonchev–Trinajstić information content (AvgIpc) is 3.42. The second-order valence-corrected chi connectivity index (χ2v) is 8.63. The fraction of sp³-hybridized carbons (Fsp3) is 0.370. The van der Waals surface area contributed by atoms with Gasteiger partial charge in [0.1, 0.15) is 12.2 Å². The highest BCUT2D eigenvalue weighted by Gasteiger charge is 2.13. The lowest BCUT2D eigenvalue weighted by Crippen LogP contribution is -2.23. The van der Waals surface area contributed by atoms with Crippen LogP contribution >= 0.6 is 11.6 Å². The van der Waals surface area contributed by atoms with Gasteiger partial charge in [-0.15, -0.1) is 10.2 Å². The van der Waals surface area contributed by atoms with Gasteiger partial charge in [0.2, 0.25) is 12.3 Å². The molecular weight excluding hydrogens is 515 g/mol. The van der Waals surface area contributed by atoms with Crippen LogP contribution in [0.25, 0.3) is 11.5 Å². The van der Waals surface area contributed by atoms with Gasteiger partial charge in [-0.3, -0.25) is 9.59 Å². The monoisotopic (exact) mass is 544 g/mol. The van der Waals surface area contributed by atoms with Gasteiger partial charge in [0, 0.05) is 24.1 Å². The highest BCUT2D eigenvalue weighted by atomic mass is 35.5. The van der Waals surface area contributed by atoms with Crippen LogP contribution in [-0.4, -0.2) is 34.8 Å². The predicted molar refractivity (Wildman–Crippen MR) is 140 cm³/mol. The van der Waals surface area contributed by atoms with Crippen LogP contribution in [0.1, 0.15) is 57.6 Å². The molecule has 0 bridgehead atoms. The molecule has 11 heteroatoms. The number of anilines is 1. The Morgan fingerprint density at radius 1 is 1.18 bits per heavy atom. The molecule has 0 aliphatic rings. The minimum atomic E-state index is -0.609. The van der Waals surface area contributed by atoms with Crippen molar-refractivity contribution < 1.29 is 27.9 Å². The molecule has 1 aromatic heterocycles. The van der Waals surface area contributed by atoms with Crippen LogP contribution < -0.4 is 10.1 Å². The SMILES string of the molecule is CCCC(=O)OC(C)CNc1ccc(C#N)c(Cl)c1C.CCCC(=O)Oc1cc(-c2nnco2)ccc1F. The molecule has 0 aliphatic carbocycles. The van der Waals surface area contributed by atoms with Crippen molar-refractivity contribution in [2.24, 2.45) is 0 Å². The molecule has 0 radical (unpaired) electrons. The normalized spacial score (nSPS) is 11.0. The molecule has 9 nitrogen and oxygen atoms in total. The third kappa shape index (κ3) is 9.16. The molecule has 1 atom stereocenters. The minimum Gasteiger partial charge on any atom is -0.461 e. The van der Waals surface area contributed by atoms with Crippen LogP contribution in [-0.2, 0) is 14.3 Å². The van der Waals surface area contributed by atoms with E-state index in [0.29, 0.717) is 35.5 Å². The molecule has 1 N–H and O–H groups in total. The maximum atomic E-state index is 13.5. The molecule has 1 heterocycles. The summed E-state index contributed by atoms with van der Waals surface area (Å²) in [6, 6.07) is 9.54. The van der Waals surface area contributed by atoms with Crippen molar-refractivity contribution in [1.82, 2.24) is 10.2 Å². The summed E-state index contributed by atoms with van der Waals surface area (Å²) < 4.78 is 28.6. The number of aromatic nitrogens is 2. The largest absolute Gasteiger partial charge is 0.461 e. The Balaban J connectivity index is 0.000000268. The highest BCUT2D eigenvalue weighted by Crippen LogP contribution is 2.27. The minimum absolute atomic E-state index is 0.135. The summed E-state index contributed by atoms with van der Waals surface area (Å²) in [6.45, 7) is 7.96. The maximum absolute atomic E-state index is 13.5. The number of rotatable bonds is 10. The van der Waals surface area contributed by atoms with Gasteiger partial charge in [-0.25, -0.2) is 4.39 Å². The van der Waals surface area contributed by atoms with Crippen LogP contribution in [0.4, 0.5) is 10.1 Å². The first-order valence-corrected chi connectivity index (χ1v) is 12.5. The number of nitriles is 1. The summed E-state index contributed by atoms with van der Waals surface area (Å²) in [4.78, 5) is 22.7. The van der Waals surface area contributed by atoms with Crippen molar-refractivity contribution in [3.05, 3.63) is 58.7 Å². The van der Waals surface area contributed by atoms with Gasteiger partial charge in [0.05, 0.1) is 17.1 Å². The lowest BCUT2D eigenvalue weighted by Gasteiger charge is -2.16. The van der Waals surface area contributed by atoms with Gasteiger partial charge in [-0.1, -0.05) is 25.4 Å². The molecule has 0 aliphatic heterocycles. The fourth-order valence-corrected chi connectivity index (χ4v) is 3.34. The van der Waals surface area contributed by atoms with Crippen molar-refractivity contribution in [2.75, 3.05) is 11.9 Å². The maximum Gasteiger partial charge on any atom is 0.311 e. The number of esters is 2. The topological polar surface area (TPSA) is 127 Å². The third-order valence-corrected chi connectivity index (χ3v) is 5.58. The van der Waals surface area contributed by atoms with Crippen molar-refractivity contribution >= 4 is 29.2 Å². The van der Waals surface area contributed by atoms with Gasteiger partial charge < -0.3 is 19.2 Å². The number of halogens is 2. The number of hydrogen-bond acceptors (Lipinski definition) is 9. The molecule has 3 rings (SSSR count). The smallest absolute Gasteiger partial charge is 0.311 e. The number of hydrogen-bond donors (Lipinski definition) is 1. The van der Waals surface area contributed by atoms with Gasteiger partial charge in [-0.2, -0.15) is 5.26 Å². The van der Waals surface area contributed by atoms with Crippen LogP contribution in [0.2, 0.25) is 5.02 Å². The Kier molecular flexibility index (Phi) is 12.2. The molecular formula is C27H30ClFN4O5. The molecule has 202 valence electrons. The Labute approximate surface area is 225 Å². The number of ether oxygens (including phenoxy) is 2. The lowest BCUT2D eigenvalue weighted by atomic mass is 10.1. The van der Waals surface area contributed by atoms with Gasteiger partial charge in [-0.05, 0) is 62.6 Å². The zero-order chi connectivity index (χ0) is 28.1. The highest BCUT2D eigenvalue weighted by molar-refractivity contribution is 6.32. The Hall–Kier alpha value is -3.97. The molecule has 38 heavy (non-hydrogen) atoms. The number of carbonyl (C=O) groups is 2. The van der Waals surface area contributed by atoms with Crippen molar-refractivity contribution in [2.45, 2.75) is 59.5 Å². The summed E-state index contributed by atoms with van der Waals surface area (Å²) in [5.74, 6) is -1.16. The summed E-state index contributed by atoms with van der Waals surface area (Å²) in [5, 5.41) is 19.7. The van der Waals surface area contributed by atoms with Crippen LogP contribution in [0.15, 0.2) is 41.1 Å². The average molecular weight is 545 g/mol. The van der Waals surface area contributed by atoms with Gasteiger partial charge >= 0.3 is 11.9 Å². The summed E-state index contributed by atoms with van der Waals surface area (Å²) >= 11 is 6.09. The predicted octanol–water partition coefficient (Wildman–Crippen LogP) is 6.25. The Morgan fingerprint density at radius 2 is 1.89 bits per heavy atom. The fourth-order valence-electron chi connectivity index (χ4n) is 3.14. The number of benzene rings is 2. The first-order valence-electron chi connectivity index (χ1n) is 12.1. The Bertz CT molecular complexity index is 1260. The number of nitrogens with zero attached hydrogens (tertiary/aromatic N) is 3. The molecule has 0 amide bonds. The van der Waals surface area contributed by atoms with Crippen molar-refractivity contribution in [1.29, 1.82) is 5.26 Å². The van der Waals surface area contributed by atoms with E-state index in [4.69, 9.17) is 30.8 Å². The molecule has 3 aromatic rings. The zero-order valence-corrected chi connectivity index (χ0v) is 22.5. The van der Waals surface area contributed by atoms with E-state index < -0.39 is 11.8 Å². The molecule has 2 aromatic carbocycles. The molecule has 0 saturated heterocycles. The quantitative estimate of drug-likeness (QED) is 0.233. The third-order valence-electron chi connectivity index (χ3n) is 5.09. The second-order valence-electron chi connectivity index (χ2n) is 8.26. The van der Waals surface area contributed by atoms with Gasteiger partial charge in [0.25, 0.3) is 0 Å². The summed E-state index contributed by atoms with van der Waals surface area (Å²) in [6.07, 6.45) is 3.05. The Morgan fingerprint density at radius 3 is 2.53 bits per heavy atom. The van der Waals surface area contributed by atoms with E-state index in [-0.39, 0.29) is 30.1 Å². The number of nitrogens with one attached hydrogen (secondary N) is 1. The lowest BCUT2D eigenvalue weighted by molar-refractivity contribution is -0.147. The van der Waals surface area contributed by atoms with Crippen LogP contribution in [0, 0.1) is 24.1 Å². The second kappa shape index (κ2) is 15.3. The van der Waals surface area contributed by atoms with Crippen LogP contribution in [0.3, 0.4) is 0 Å². The molecule has 0 saturated carbocycles. The first-order chi connectivity index (χ1) is 18.2. The van der Waals surface area contributed by atoms with E-state index in [1.807, 2.05) is 33.8 Å². The van der Waals surface area contributed by atoms with Crippen LogP contribution in [0.5, 0.6) is 5.75 Å². The van der Waals surface area contributed by atoms with E-state index in [1.165, 1.54) is 24.6 Å². The van der Waals surface area contributed by atoms with E-state index in [1.54, 1.807) is 12.1 Å². The van der Waals surface area contributed by atoms with Crippen molar-refractivity contribution in [3.8, 4) is 23.3 Å². The summed E-state index contributed by atoms with van der Waals surface area (Å²) in [7, 11) is 0. The van der Waals surface area contributed by atoms with E-state index in [9.17, 15) is 14.0 Å². The zero-order valence-electron chi connectivity index (χ0n) is 21.7. The van der Waals surface area contributed by atoms with E-state index >= 15 is 0 Å². The molecule has 1 unspecified atom stereocenters. The standard InChI is InChI=1S/C15H19ClN2O2.C12H11FN2O3/c1-4-5-14(19)20-10(2)9-18-13-7-6-12(8-17)15(16)11(13)3;1-2-3-11(16)18-10-6-8(4-5-9(10)13)12-15-14-7-17-12/h6-7,10,18H,4-5,9H2,1-3H3;4-7H,2-3H2,1H3.